The maximum Gasteiger partial charge on any atom is 0.222 e. The summed E-state index contributed by atoms with van der Waals surface area (Å²) in [6, 6.07) is 10.5. The average Bonchev–Trinajstić information content (AvgIpc) is 3.06. The molecule has 0 spiro atoms. The first-order valence-corrected chi connectivity index (χ1v) is 9.88. The van der Waals surface area contributed by atoms with Crippen molar-refractivity contribution in [3.05, 3.63) is 52.0 Å². The smallest absolute Gasteiger partial charge is 0.222 e. The second-order valence-corrected chi connectivity index (χ2v) is 7.70. The van der Waals surface area contributed by atoms with Crippen LogP contribution in [0.5, 0.6) is 0 Å². The number of benzene rings is 1. The Balaban J connectivity index is 1.67. The summed E-state index contributed by atoms with van der Waals surface area (Å²) in [6.07, 6.45) is 2.58. The molecule has 0 unspecified atom stereocenters. The van der Waals surface area contributed by atoms with Gasteiger partial charge in [-0.3, -0.25) is 4.79 Å². The van der Waals surface area contributed by atoms with Gasteiger partial charge in [0.15, 0.2) is 0 Å². The number of nitrogens with zero attached hydrogens (tertiary/aromatic N) is 2. The number of aromatic nitrogens is 1. The summed E-state index contributed by atoms with van der Waals surface area (Å²) >= 11 is 1.66. The molecule has 2 atom stereocenters. The Kier molecular flexibility index (Phi) is 6.21. The van der Waals surface area contributed by atoms with Gasteiger partial charge in [0.1, 0.15) is 0 Å². The number of thiazole rings is 1. The van der Waals surface area contributed by atoms with Crippen LogP contribution in [0.25, 0.3) is 0 Å². The molecular weight excluding hydrogens is 332 g/mol. The van der Waals surface area contributed by atoms with Gasteiger partial charge in [0.2, 0.25) is 5.91 Å². The third-order valence-corrected chi connectivity index (χ3v) is 5.59. The van der Waals surface area contributed by atoms with E-state index in [1.165, 1.54) is 5.56 Å². The third kappa shape index (κ3) is 4.89. The van der Waals surface area contributed by atoms with E-state index >= 15 is 0 Å². The van der Waals surface area contributed by atoms with Gasteiger partial charge in [-0.2, -0.15) is 0 Å². The molecule has 0 bridgehead atoms. The van der Waals surface area contributed by atoms with E-state index in [0.717, 1.165) is 36.6 Å². The Bertz CT molecular complexity index is 686. The lowest BCUT2D eigenvalue weighted by Gasteiger charge is -2.38. The Morgan fingerprint density at radius 1 is 1.36 bits per heavy atom. The minimum Gasteiger partial charge on any atom is -0.371 e. The molecule has 0 aliphatic carbocycles. The second kappa shape index (κ2) is 8.59. The van der Waals surface area contributed by atoms with E-state index in [9.17, 15) is 4.79 Å². The monoisotopic (exact) mass is 358 g/mol. The van der Waals surface area contributed by atoms with Crippen molar-refractivity contribution in [1.82, 2.24) is 9.88 Å². The van der Waals surface area contributed by atoms with Crippen LogP contribution in [0.1, 0.15) is 36.0 Å². The molecule has 0 saturated carbocycles. The fourth-order valence-electron chi connectivity index (χ4n) is 3.46. The minimum atomic E-state index is 0.170. The molecule has 1 aliphatic heterocycles. The molecule has 1 saturated heterocycles. The SMILES string of the molecule is CCC(=O)N1CC[C@H](OCc2csc(C)n2)[C@@H](Cc2ccccc2)C1. The van der Waals surface area contributed by atoms with Gasteiger partial charge < -0.3 is 9.64 Å². The lowest BCUT2D eigenvalue weighted by atomic mass is 9.88. The number of hydrogen-bond donors (Lipinski definition) is 0. The highest BCUT2D eigenvalue weighted by molar-refractivity contribution is 7.09. The number of piperidine rings is 1. The van der Waals surface area contributed by atoms with Crippen LogP contribution in [0.2, 0.25) is 0 Å². The lowest BCUT2D eigenvalue weighted by molar-refractivity contribution is -0.136. The zero-order valence-corrected chi connectivity index (χ0v) is 15.8. The van der Waals surface area contributed by atoms with Crippen LogP contribution in [-0.2, 0) is 22.6 Å². The average molecular weight is 359 g/mol. The number of aryl methyl sites for hydroxylation is 1. The van der Waals surface area contributed by atoms with Crippen LogP contribution < -0.4 is 0 Å². The van der Waals surface area contributed by atoms with E-state index in [1.807, 2.05) is 24.8 Å². The highest BCUT2D eigenvalue weighted by atomic mass is 32.1. The fourth-order valence-corrected chi connectivity index (χ4v) is 4.06. The molecule has 1 amide bonds. The summed E-state index contributed by atoms with van der Waals surface area (Å²) in [5.41, 5.74) is 2.31. The molecule has 25 heavy (non-hydrogen) atoms. The van der Waals surface area contributed by atoms with Crippen LogP contribution in [0.4, 0.5) is 0 Å². The maximum atomic E-state index is 12.1. The van der Waals surface area contributed by atoms with Crippen molar-refractivity contribution < 1.29 is 9.53 Å². The molecule has 0 N–H and O–H groups in total. The van der Waals surface area contributed by atoms with Crippen LogP contribution in [0, 0.1) is 12.8 Å². The quantitative estimate of drug-likeness (QED) is 0.788. The minimum absolute atomic E-state index is 0.170. The lowest BCUT2D eigenvalue weighted by Crippen LogP contribution is -2.47. The molecule has 4 nitrogen and oxygen atoms in total. The maximum absolute atomic E-state index is 12.1. The highest BCUT2D eigenvalue weighted by Crippen LogP contribution is 2.26. The summed E-state index contributed by atoms with van der Waals surface area (Å²) in [4.78, 5) is 18.6. The normalized spacial score (nSPS) is 20.6. The van der Waals surface area contributed by atoms with Gasteiger partial charge in [-0.1, -0.05) is 37.3 Å². The summed E-state index contributed by atoms with van der Waals surface area (Å²) < 4.78 is 6.24. The van der Waals surface area contributed by atoms with Crippen LogP contribution in [-0.4, -0.2) is 35.0 Å². The largest absolute Gasteiger partial charge is 0.371 e. The summed E-state index contributed by atoms with van der Waals surface area (Å²) in [7, 11) is 0. The van der Waals surface area contributed by atoms with Gasteiger partial charge in [0.05, 0.1) is 23.4 Å². The Morgan fingerprint density at radius 3 is 2.84 bits per heavy atom. The van der Waals surface area contributed by atoms with Crippen molar-refractivity contribution in [3.8, 4) is 0 Å². The molecule has 134 valence electrons. The van der Waals surface area contributed by atoms with Crippen molar-refractivity contribution in [2.45, 2.75) is 45.8 Å². The molecule has 0 radical (unpaired) electrons. The first kappa shape index (κ1) is 18.1. The van der Waals surface area contributed by atoms with Gasteiger partial charge in [0.25, 0.3) is 0 Å². The van der Waals surface area contributed by atoms with Crippen LogP contribution >= 0.6 is 11.3 Å². The molecule has 3 rings (SSSR count). The fraction of sp³-hybridized carbons (Fsp3) is 0.500. The van der Waals surface area contributed by atoms with Crippen molar-refractivity contribution in [3.63, 3.8) is 0 Å². The van der Waals surface area contributed by atoms with Crippen LogP contribution in [0.3, 0.4) is 0 Å². The third-order valence-electron chi connectivity index (χ3n) is 4.77. The topological polar surface area (TPSA) is 42.4 Å². The zero-order chi connectivity index (χ0) is 17.6. The van der Waals surface area contributed by atoms with Gasteiger partial charge in [-0.05, 0) is 25.3 Å². The first-order valence-electron chi connectivity index (χ1n) is 9.00. The van der Waals surface area contributed by atoms with Gasteiger partial charge in [-0.25, -0.2) is 4.98 Å². The van der Waals surface area contributed by atoms with Gasteiger partial charge in [0, 0.05) is 30.8 Å². The van der Waals surface area contributed by atoms with E-state index in [2.05, 4.69) is 34.6 Å². The molecule has 1 aromatic heterocycles. The number of ether oxygens (including phenoxy) is 1. The predicted molar refractivity (Wildman–Crippen MR) is 101 cm³/mol. The summed E-state index contributed by atoms with van der Waals surface area (Å²) in [5.74, 6) is 0.568. The first-order chi connectivity index (χ1) is 12.2. The number of hydrogen-bond acceptors (Lipinski definition) is 4. The zero-order valence-electron chi connectivity index (χ0n) is 15.0. The molecule has 1 aromatic carbocycles. The van der Waals surface area contributed by atoms with Gasteiger partial charge >= 0.3 is 0 Å². The second-order valence-electron chi connectivity index (χ2n) is 6.64. The molecule has 2 heterocycles. The Morgan fingerprint density at radius 2 is 2.16 bits per heavy atom. The molecule has 5 heteroatoms. The van der Waals surface area contributed by atoms with E-state index in [1.54, 1.807) is 11.3 Å². The molecule has 2 aromatic rings. The van der Waals surface area contributed by atoms with E-state index in [-0.39, 0.29) is 12.0 Å². The highest BCUT2D eigenvalue weighted by Gasteiger charge is 2.31. The Hall–Kier alpha value is -1.72. The van der Waals surface area contributed by atoms with Crippen molar-refractivity contribution in [2.24, 2.45) is 5.92 Å². The van der Waals surface area contributed by atoms with Gasteiger partial charge in [-0.15, -0.1) is 11.3 Å². The number of carbonyl (C=O) groups is 1. The van der Waals surface area contributed by atoms with Crippen molar-refractivity contribution in [1.29, 1.82) is 0 Å². The number of amides is 1. The molecular formula is C20H26N2O2S. The number of likely N-dealkylation sites (tertiary alicyclic amines) is 1. The summed E-state index contributed by atoms with van der Waals surface area (Å²) in [6.45, 7) is 6.08. The Labute approximate surface area is 153 Å². The predicted octanol–water partition coefficient (Wildman–Crippen LogP) is 3.84. The summed E-state index contributed by atoms with van der Waals surface area (Å²) in [5, 5.41) is 3.14. The number of carbonyl (C=O) groups excluding carboxylic acids is 1. The van der Waals surface area contributed by atoms with Crippen LogP contribution in [0.15, 0.2) is 35.7 Å². The van der Waals surface area contributed by atoms with Crippen molar-refractivity contribution in [2.75, 3.05) is 13.1 Å². The van der Waals surface area contributed by atoms with E-state index in [4.69, 9.17) is 4.74 Å². The van der Waals surface area contributed by atoms with E-state index in [0.29, 0.717) is 18.9 Å². The van der Waals surface area contributed by atoms with E-state index < -0.39 is 0 Å². The molecule has 1 aliphatic rings. The number of rotatable bonds is 6. The molecule has 1 fully saturated rings. The standard InChI is InChI=1S/C20H26N2O2S/c1-3-20(23)22-10-9-19(24-13-18-14-25-15(2)21-18)17(12-22)11-16-7-5-4-6-8-16/h4-8,14,17,19H,3,9-13H2,1-2H3/t17-,19-/m0/s1. The van der Waals surface area contributed by atoms with Crippen molar-refractivity contribution >= 4 is 17.2 Å².